The monoisotopic (exact) mass is 366 g/mol. The maximum atomic E-state index is 12.9. The molecule has 134 valence electrons. The molecule has 6 nitrogen and oxygen atoms in total. The van der Waals surface area contributed by atoms with Gasteiger partial charge in [-0.15, -0.1) is 0 Å². The Morgan fingerprint density at radius 1 is 1.42 bits per heavy atom. The number of carbonyl (C=O) groups excluding carboxylic acids is 1. The molecule has 2 N–H and O–H groups in total. The second kappa shape index (κ2) is 6.50. The molecule has 1 heterocycles. The fourth-order valence-electron chi connectivity index (χ4n) is 2.55. The Bertz CT molecular complexity index is 747. The SMILES string of the molecule is COC(=O)Cc1cc2c(c(NS(C)(=O)=O)c1)NC(C(F)(F)F)CC2. The zero-order valence-corrected chi connectivity index (χ0v) is 13.8. The molecule has 10 heteroatoms. The van der Waals surface area contributed by atoms with Crippen molar-refractivity contribution in [3.63, 3.8) is 0 Å². The summed E-state index contributed by atoms with van der Waals surface area (Å²) in [5.74, 6) is -0.530. The molecule has 0 saturated carbocycles. The van der Waals surface area contributed by atoms with Crippen LogP contribution in [0.1, 0.15) is 17.5 Å². The lowest BCUT2D eigenvalue weighted by molar-refractivity contribution is -0.144. The van der Waals surface area contributed by atoms with Crippen LogP contribution in [-0.4, -0.2) is 40.0 Å². The fourth-order valence-corrected chi connectivity index (χ4v) is 3.11. The van der Waals surface area contributed by atoms with Crippen LogP contribution in [0.4, 0.5) is 24.5 Å². The predicted octanol–water partition coefficient (Wildman–Crippen LogP) is 2.06. The van der Waals surface area contributed by atoms with Crippen molar-refractivity contribution in [2.24, 2.45) is 0 Å². The molecule has 1 atom stereocenters. The lowest BCUT2D eigenvalue weighted by atomic mass is 9.94. The second-order valence-electron chi connectivity index (χ2n) is 5.58. The summed E-state index contributed by atoms with van der Waals surface area (Å²) in [5, 5.41) is 2.35. The largest absolute Gasteiger partial charge is 0.469 e. The summed E-state index contributed by atoms with van der Waals surface area (Å²) in [6, 6.07) is 1.17. The van der Waals surface area contributed by atoms with Crippen LogP contribution in [0.15, 0.2) is 12.1 Å². The summed E-state index contributed by atoms with van der Waals surface area (Å²) in [4.78, 5) is 11.4. The number of fused-ring (bicyclic) bond motifs is 1. The van der Waals surface area contributed by atoms with E-state index in [0.717, 1.165) is 6.26 Å². The van der Waals surface area contributed by atoms with E-state index < -0.39 is 28.2 Å². The van der Waals surface area contributed by atoms with E-state index in [0.29, 0.717) is 11.1 Å². The molecule has 0 aromatic heterocycles. The number of carbonyl (C=O) groups is 1. The molecule has 0 saturated heterocycles. The van der Waals surface area contributed by atoms with Crippen LogP contribution in [0.2, 0.25) is 0 Å². The third-order valence-corrected chi connectivity index (χ3v) is 4.16. The van der Waals surface area contributed by atoms with Gasteiger partial charge in [-0.3, -0.25) is 9.52 Å². The first kappa shape index (κ1) is 18.4. The molecular formula is C14H17F3N2O4S. The van der Waals surface area contributed by atoms with Gasteiger partial charge >= 0.3 is 12.1 Å². The molecule has 1 aliphatic rings. The molecule has 1 aromatic rings. The van der Waals surface area contributed by atoms with E-state index in [1.54, 1.807) is 6.07 Å². The number of alkyl halides is 3. The highest BCUT2D eigenvalue weighted by Gasteiger charge is 2.41. The number of rotatable bonds is 4. The molecule has 1 aliphatic heterocycles. The summed E-state index contributed by atoms with van der Waals surface area (Å²) in [5.41, 5.74) is 1.05. The van der Waals surface area contributed by atoms with Gasteiger partial charge in [-0.2, -0.15) is 13.2 Å². The molecule has 0 amide bonds. The molecule has 0 spiro atoms. The van der Waals surface area contributed by atoms with E-state index in [1.165, 1.54) is 13.2 Å². The summed E-state index contributed by atoms with van der Waals surface area (Å²) in [6.45, 7) is 0. The number of anilines is 2. The van der Waals surface area contributed by atoms with Crippen molar-refractivity contribution in [3.05, 3.63) is 23.3 Å². The predicted molar refractivity (Wildman–Crippen MR) is 82.4 cm³/mol. The van der Waals surface area contributed by atoms with Crippen LogP contribution in [-0.2, 0) is 32.4 Å². The zero-order chi connectivity index (χ0) is 18.1. The van der Waals surface area contributed by atoms with Crippen molar-refractivity contribution in [3.8, 4) is 0 Å². The molecule has 2 rings (SSSR count). The Labute approximate surface area is 137 Å². The summed E-state index contributed by atoms with van der Waals surface area (Å²) >= 11 is 0. The van der Waals surface area contributed by atoms with Crippen molar-refractivity contribution >= 4 is 27.4 Å². The highest BCUT2D eigenvalue weighted by molar-refractivity contribution is 7.92. The molecule has 0 fully saturated rings. The maximum Gasteiger partial charge on any atom is 0.408 e. The topological polar surface area (TPSA) is 84.5 Å². The number of hydrogen-bond donors (Lipinski definition) is 2. The van der Waals surface area contributed by atoms with Gasteiger partial charge in [-0.25, -0.2) is 8.42 Å². The van der Waals surface area contributed by atoms with Crippen molar-refractivity contribution in [1.29, 1.82) is 0 Å². The Morgan fingerprint density at radius 3 is 2.62 bits per heavy atom. The standard InChI is InChI=1S/C14H17F3N2O4S/c1-23-12(20)7-8-5-9-3-4-11(14(15,16)17)18-13(9)10(6-8)19-24(2,21)22/h5-6,11,18-19H,3-4,7H2,1-2H3. The quantitative estimate of drug-likeness (QED) is 0.797. The van der Waals surface area contributed by atoms with Gasteiger partial charge < -0.3 is 10.1 Å². The van der Waals surface area contributed by atoms with E-state index in [1.807, 2.05) is 0 Å². The van der Waals surface area contributed by atoms with E-state index in [9.17, 15) is 26.4 Å². The number of esters is 1. The van der Waals surface area contributed by atoms with Crippen LogP contribution in [0.5, 0.6) is 0 Å². The van der Waals surface area contributed by atoms with E-state index in [4.69, 9.17) is 0 Å². The lowest BCUT2D eigenvalue weighted by Crippen LogP contribution is -2.39. The molecule has 0 bridgehead atoms. The average molecular weight is 366 g/mol. The van der Waals surface area contributed by atoms with Crippen LogP contribution < -0.4 is 10.0 Å². The average Bonchev–Trinajstić information content (AvgIpc) is 2.44. The van der Waals surface area contributed by atoms with Crippen molar-refractivity contribution in [2.75, 3.05) is 23.4 Å². The maximum absolute atomic E-state index is 12.9. The number of ether oxygens (including phenoxy) is 1. The minimum Gasteiger partial charge on any atom is -0.469 e. The number of methoxy groups -OCH3 is 1. The molecule has 0 aliphatic carbocycles. The molecule has 1 aromatic carbocycles. The van der Waals surface area contributed by atoms with Gasteiger partial charge in [0.1, 0.15) is 6.04 Å². The minimum absolute atomic E-state index is 0.0112. The number of nitrogens with one attached hydrogen (secondary N) is 2. The summed E-state index contributed by atoms with van der Waals surface area (Å²) in [7, 11) is -2.49. The van der Waals surface area contributed by atoms with Gasteiger partial charge in [0.25, 0.3) is 0 Å². The van der Waals surface area contributed by atoms with Crippen molar-refractivity contribution in [2.45, 2.75) is 31.5 Å². The van der Waals surface area contributed by atoms with Gasteiger partial charge in [-0.1, -0.05) is 6.07 Å². The third-order valence-electron chi connectivity index (χ3n) is 3.57. The minimum atomic E-state index is -4.44. The van der Waals surface area contributed by atoms with E-state index in [-0.39, 0.29) is 30.6 Å². The highest BCUT2D eigenvalue weighted by Crippen LogP contribution is 2.38. The van der Waals surface area contributed by atoms with Gasteiger partial charge in [-0.05, 0) is 30.0 Å². The fraction of sp³-hybridized carbons (Fsp3) is 0.500. The second-order valence-corrected chi connectivity index (χ2v) is 7.33. The Kier molecular flexibility index (Phi) is 4.97. The molecule has 1 unspecified atom stereocenters. The van der Waals surface area contributed by atoms with Crippen LogP contribution in [0.25, 0.3) is 0 Å². The molecular weight excluding hydrogens is 349 g/mol. The van der Waals surface area contributed by atoms with Gasteiger partial charge in [0.15, 0.2) is 0 Å². The van der Waals surface area contributed by atoms with Crippen molar-refractivity contribution < 1.29 is 31.1 Å². The van der Waals surface area contributed by atoms with Crippen LogP contribution in [0.3, 0.4) is 0 Å². The highest BCUT2D eigenvalue weighted by atomic mass is 32.2. The first-order chi connectivity index (χ1) is 11.0. The Balaban J connectivity index is 2.45. The van der Waals surface area contributed by atoms with Gasteiger partial charge in [0.2, 0.25) is 10.0 Å². The summed E-state index contributed by atoms with van der Waals surface area (Å²) in [6.07, 6.45) is -3.71. The molecule has 24 heavy (non-hydrogen) atoms. The number of benzene rings is 1. The number of halogens is 3. The Morgan fingerprint density at radius 2 is 2.08 bits per heavy atom. The van der Waals surface area contributed by atoms with Gasteiger partial charge in [0, 0.05) is 0 Å². The lowest BCUT2D eigenvalue weighted by Gasteiger charge is -2.30. The van der Waals surface area contributed by atoms with E-state index in [2.05, 4.69) is 14.8 Å². The van der Waals surface area contributed by atoms with Crippen molar-refractivity contribution in [1.82, 2.24) is 0 Å². The first-order valence-electron chi connectivity index (χ1n) is 7.03. The first-order valence-corrected chi connectivity index (χ1v) is 8.92. The smallest absolute Gasteiger partial charge is 0.408 e. The van der Waals surface area contributed by atoms with Crippen LogP contribution in [0, 0.1) is 0 Å². The third kappa shape index (κ3) is 4.53. The van der Waals surface area contributed by atoms with Gasteiger partial charge in [0.05, 0.1) is 31.2 Å². The number of hydrogen-bond acceptors (Lipinski definition) is 5. The molecule has 0 radical (unpaired) electrons. The number of aryl methyl sites for hydroxylation is 1. The normalized spacial score (nSPS) is 17.6. The zero-order valence-electron chi connectivity index (χ0n) is 13.0. The van der Waals surface area contributed by atoms with E-state index >= 15 is 0 Å². The number of sulfonamides is 1. The summed E-state index contributed by atoms with van der Waals surface area (Å²) < 4.78 is 68.6. The van der Waals surface area contributed by atoms with Crippen LogP contribution >= 0.6 is 0 Å². The Hall–Kier alpha value is -1.97.